The van der Waals surface area contributed by atoms with Crippen LogP contribution in [-0.2, 0) is 17.6 Å². The lowest BCUT2D eigenvalue weighted by molar-refractivity contribution is -0.141. The number of fused-ring (bicyclic) bond motifs is 1. The van der Waals surface area contributed by atoms with E-state index in [2.05, 4.69) is 4.98 Å². The Morgan fingerprint density at radius 1 is 1.00 bits per heavy atom. The van der Waals surface area contributed by atoms with E-state index in [4.69, 9.17) is 10.5 Å². The molecule has 0 saturated carbocycles. The summed E-state index contributed by atoms with van der Waals surface area (Å²) in [6.07, 6.45) is -3.46. The third-order valence-corrected chi connectivity index (χ3v) is 4.58. The number of benzene rings is 2. The van der Waals surface area contributed by atoms with Crippen LogP contribution in [-0.4, -0.2) is 16.7 Å². The summed E-state index contributed by atoms with van der Waals surface area (Å²) in [6.45, 7) is 6.61. The Morgan fingerprint density at radius 2 is 1.64 bits per heavy atom. The SMILES string of the molecule is CC(=O)c1ccc2c(F)cccc2c1OCc1ccc(C(F)(F)F)nc1.CC(C)(C)C(N)=O. The van der Waals surface area contributed by atoms with Crippen molar-refractivity contribution in [2.24, 2.45) is 11.1 Å². The van der Waals surface area contributed by atoms with Crippen LogP contribution in [0.3, 0.4) is 0 Å². The van der Waals surface area contributed by atoms with Gasteiger partial charge in [-0.05, 0) is 25.1 Å². The second-order valence-corrected chi connectivity index (χ2v) is 8.29. The lowest BCUT2D eigenvalue weighted by Gasteiger charge is -2.14. The third kappa shape index (κ3) is 6.74. The minimum Gasteiger partial charge on any atom is -0.487 e. The maximum Gasteiger partial charge on any atom is 0.433 e. The van der Waals surface area contributed by atoms with Crippen molar-refractivity contribution in [2.45, 2.75) is 40.5 Å². The van der Waals surface area contributed by atoms with Crippen molar-refractivity contribution in [3.05, 3.63) is 71.3 Å². The van der Waals surface area contributed by atoms with Crippen LogP contribution in [0.5, 0.6) is 5.75 Å². The molecule has 0 bridgehead atoms. The first-order chi connectivity index (χ1) is 15.2. The van der Waals surface area contributed by atoms with Crippen LogP contribution in [0.25, 0.3) is 10.8 Å². The van der Waals surface area contributed by atoms with Crippen molar-refractivity contribution in [2.75, 3.05) is 0 Å². The molecule has 3 rings (SSSR count). The summed E-state index contributed by atoms with van der Waals surface area (Å²) in [6, 6.07) is 9.46. The number of ketones is 1. The van der Waals surface area contributed by atoms with Crippen molar-refractivity contribution in [1.29, 1.82) is 0 Å². The molecule has 9 heteroatoms. The summed E-state index contributed by atoms with van der Waals surface area (Å²) in [5.74, 6) is -0.794. The molecule has 0 radical (unpaired) electrons. The van der Waals surface area contributed by atoms with Crippen LogP contribution in [0, 0.1) is 11.2 Å². The molecule has 1 amide bonds. The Balaban J connectivity index is 0.000000479. The number of aromatic nitrogens is 1. The van der Waals surface area contributed by atoms with Gasteiger partial charge < -0.3 is 10.5 Å². The Kier molecular flexibility index (Phi) is 7.79. The van der Waals surface area contributed by atoms with E-state index >= 15 is 0 Å². The first kappa shape index (κ1) is 25.8. The summed E-state index contributed by atoms with van der Waals surface area (Å²) >= 11 is 0. The highest BCUT2D eigenvalue weighted by molar-refractivity contribution is 6.03. The van der Waals surface area contributed by atoms with Crippen LogP contribution in [0.2, 0.25) is 0 Å². The summed E-state index contributed by atoms with van der Waals surface area (Å²) < 4.78 is 57.3. The number of Topliss-reactive ketones (excluding diaryl/α,β-unsaturated/α-hetero) is 1. The van der Waals surface area contributed by atoms with Gasteiger partial charge in [0.1, 0.15) is 23.9 Å². The molecule has 33 heavy (non-hydrogen) atoms. The highest BCUT2D eigenvalue weighted by Crippen LogP contribution is 2.33. The fraction of sp³-hybridized carbons (Fsp3) is 0.292. The summed E-state index contributed by atoms with van der Waals surface area (Å²) in [5.41, 5.74) is 4.22. The number of carbonyl (C=O) groups is 2. The zero-order valence-electron chi connectivity index (χ0n) is 18.6. The van der Waals surface area contributed by atoms with Gasteiger partial charge in [-0.25, -0.2) is 4.39 Å². The Morgan fingerprint density at radius 3 is 2.12 bits per heavy atom. The van der Waals surface area contributed by atoms with Crippen molar-refractivity contribution >= 4 is 22.5 Å². The number of rotatable bonds is 4. The number of nitrogens with zero attached hydrogens (tertiary/aromatic N) is 1. The molecule has 0 aliphatic heterocycles. The average Bonchev–Trinajstić information content (AvgIpc) is 2.71. The van der Waals surface area contributed by atoms with Gasteiger partial charge in [-0.15, -0.1) is 0 Å². The number of hydrogen-bond donors (Lipinski definition) is 1. The summed E-state index contributed by atoms with van der Waals surface area (Å²) in [4.78, 5) is 25.5. The molecule has 2 aromatic carbocycles. The molecule has 0 atom stereocenters. The lowest BCUT2D eigenvalue weighted by atomic mass is 9.96. The number of primary amides is 1. The smallest absolute Gasteiger partial charge is 0.433 e. The number of pyridine rings is 1. The van der Waals surface area contributed by atoms with E-state index in [1.165, 1.54) is 37.3 Å². The van der Waals surface area contributed by atoms with E-state index in [-0.39, 0.29) is 40.4 Å². The number of carbonyl (C=O) groups excluding carboxylic acids is 2. The van der Waals surface area contributed by atoms with Gasteiger partial charge in [0.15, 0.2) is 5.78 Å². The second-order valence-electron chi connectivity index (χ2n) is 8.29. The molecule has 0 saturated heterocycles. The zero-order valence-corrected chi connectivity index (χ0v) is 18.6. The van der Waals surface area contributed by atoms with Crippen molar-refractivity contribution in [1.82, 2.24) is 4.98 Å². The van der Waals surface area contributed by atoms with Gasteiger partial charge in [-0.2, -0.15) is 13.2 Å². The molecular formula is C24H24F4N2O3. The number of nitrogens with two attached hydrogens (primary N) is 1. The Labute approximate surface area is 188 Å². The van der Waals surface area contributed by atoms with Crippen LogP contribution in [0.15, 0.2) is 48.7 Å². The van der Waals surface area contributed by atoms with E-state index in [1.54, 1.807) is 26.8 Å². The molecular weight excluding hydrogens is 440 g/mol. The van der Waals surface area contributed by atoms with Crippen molar-refractivity contribution in [3.8, 4) is 5.75 Å². The maximum atomic E-state index is 14.0. The van der Waals surface area contributed by atoms with Crippen molar-refractivity contribution < 1.29 is 31.9 Å². The van der Waals surface area contributed by atoms with E-state index < -0.39 is 17.7 Å². The molecule has 5 nitrogen and oxygen atoms in total. The minimum absolute atomic E-state index is 0.110. The molecule has 3 aromatic rings. The molecule has 176 valence electrons. The Bertz CT molecular complexity index is 1150. The van der Waals surface area contributed by atoms with Crippen LogP contribution in [0.1, 0.15) is 49.3 Å². The van der Waals surface area contributed by atoms with Crippen molar-refractivity contribution in [3.63, 3.8) is 0 Å². The second kappa shape index (κ2) is 9.97. The molecule has 0 aliphatic carbocycles. The first-order valence-corrected chi connectivity index (χ1v) is 9.89. The molecule has 0 unspecified atom stereocenters. The van der Waals surface area contributed by atoms with Gasteiger partial charge in [-0.3, -0.25) is 14.6 Å². The van der Waals surface area contributed by atoms with Gasteiger partial charge in [0.05, 0.1) is 5.56 Å². The van der Waals surface area contributed by atoms with Gasteiger partial charge in [-0.1, -0.05) is 45.0 Å². The van der Waals surface area contributed by atoms with Gasteiger partial charge in [0.25, 0.3) is 0 Å². The van der Waals surface area contributed by atoms with Gasteiger partial charge in [0.2, 0.25) is 5.91 Å². The number of hydrogen-bond acceptors (Lipinski definition) is 4. The predicted molar refractivity (Wildman–Crippen MR) is 116 cm³/mol. The highest BCUT2D eigenvalue weighted by Gasteiger charge is 2.32. The maximum absolute atomic E-state index is 14.0. The fourth-order valence-electron chi connectivity index (χ4n) is 2.56. The van der Waals surface area contributed by atoms with Gasteiger partial charge in [0, 0.05) is 27.9 Å². The largest absolute Gasteiger partial charge is 0.487 e. The molecule has 0 fully saturated rings. The molecule has 0 aliphatic rings. The number of ether oxygens (including phenoxy) is 1. The summed E-state index contributed by atoms with van der Waals surface area (Å²) in [7, 11) is 0. The highest BCUT2D eigenvalue weighted by atomic mass is 19.4. The monoisotopic (exact) mass is 464 g/mol. The quantitative estimate of drug-likeness (QED) is 0.397. The molecule has 1 aromatic heterocycles. The molecule has 2 N–H and O–H groups in total. The van der Waals surface area contributed by atoms with E-state index in [0.29, 0.717) is 10.9 Å². The standard InChI is InChI=1S/C19H13F4NO2.C5H11NO/c1-11(25)13-6-7-14-15(3-2-4-16(14)20)18(13)26-10-12-5-8-17(24-9-12)19(21,22)23;1-5(2,3)4(6)7/h2-9H,10H2,1H3;1-3H3,(H2,6,7). The summed E-state index contributed by atoms with van der Waals surface area (Å²) in [5, 5.41) is 0.704. The van der Waals surface area contributed by atoms with E-state index in [1.807, 2.05) is 0 Å². The molecule has 0 spiro atoms. The fourth-order valence-corrected chi connectivity index (χ4v) is 2.56. The van der Waals surface area contributed by atoms with Crippen LogP contribution < -0.4 is 10.5 Å². The zero-order chi connectivity index (χ0) is 25.0. The number of halogens is 4. The van der Waals surface area contributed by atoms with E-state index in [9.17, 15) is 27.2 Å². The predicted octanol–water partition coefficient (Wildman–Crippen LogP) is 5.69. The third-order valence-electron chi connectivity index (χ3n) is 4.58. The van der Waals surface area contributed by atoms with E-state index in [0.717, 1.165) is 12.3 Å². The lowest BCUT2D eigenvalue weighted by Crippen LogP contribution is -2.27. The van der Waals surface area contributed by atoms with Crippen LogP contribution >= 0.6 is 0 Å². The number of amides is 1. The molecule has 1 heterocycles. The Hall–Kier alpha value is -3.49. The van der Waals surface area contributed by atoms with Gasteiger partial charge >= 0.3 is 6.18 Å². The normalized spacial score (nSPS) is 11.5. The average molecular weight is 464 g/mol. The minimum atomic E-state index is -4.52. The number of alkyl halides is 3. The topological polar surface area (TPSA) is 82.3 Å². The first-order valence-electron chi connectivity index (χ1n) is 9.89. The van der Waals surface area contributed by atoms with Crippen LogP contribution in [0.4, 0.5) is 17.6 Å².